The van der Waals surface area contributed by atoms with Gasteiger partial charge in [0.25, 0.3) is 0 Å². The normalized spacial score (nSPS) is 12.2. The second-order valence-electron chi connectivity index (χ2n) is 4.83. The van der Waals surface area contributed by atoms with Gasteiger partial charge in [-0.3, -0.25) is 4.57 Å². The van der Waals surface area contributed by atoms with E-state index in [4.69, 9.17) is 5.73 Å². The van der Waals surface area contributed by atoms with Crippen molar-refractivity contribution < 1.29 is 0 Å². The summed E-state index contributed by atoms with van der Waals surface area (Å²) in [6.45, 7) is 0. The molecule has 2 N–H and O–H groups in total. The molecule has 0 atom stereocenters. The highest BCUT2D eigenvalue weighted by atomic mass is 15.1. The summed E-state index contributed by atoms with van der Waals surface area (Å²) in [6.07, 6.45) is 4.60. The molecule has 1 aliphatic rings. The second kappa shape index (κ2) is 3.72. The largest absolute Gasteiger partial charge is 0.369 e. The van der Waals surface area contributed by atoms with E-state index >= 15 is 0 Å². The lowest BCUT2D eigenvalue weighted by Crippen LogP contribution is -2.00. The fraction of sp³-hybridized carbons (Fsp3) is 0.0625. The third-order valence-corrected chi connectivity index (χ3v) is 3.72. The summed E-state index contributed by atoms with van der Waals surface area (Å²) in [7, 11) is 0. The van der Waals surface area contributed by atoms with Gasteiger partial charge in [0.05, 0.1) is 0 Å². The number of imidazole rings is 1. The SMILES string of the molecule is Nc1nccn1-c1ccc2c(c1)Cc1ccccc1-2. The maximum Gasteiger partial charge on any atom is 0.204 e. The molecule has 19 heavy (non-hydrogen) atoms. The van der Waals surface area contributed by atoms with Crippen molar-refractivity contribution in [2.24, 2.45) is 0 Å². The lowest BCUT2D eigenvalue weighted by Gasteiger charge is -2.07. The van der Waals surface area contributed by atoms with Crippen molar-refractivity contribution in [2.45, 2.75) is 6.42 Å². The van der Waals surface area contributed by atoms with Crippen molar-refractivity contribution in [1.29, 1.82) is 0 Å². The lowest BCUT2D eigenvalue weighted by molar-refractivity contribution is 1.07. The Morgan fingerprint density at radius 1 is 1.00 bits per heavy atom. The van der Waals surface area contributed by atoms with Gasteiger partial charge in [-0.1, -0.05) is 30.3 Å². The van der Waals surface area contributed by atoms with Crippen molar-refractivity contribution in [2.75, 3.05) is 5.73 Å². The van der Waals surface area contributed by atoms with E-state index in [1.54, 1.807) is 6.20 Å². The van der Waals surface area contributed by atoms with E-state index in [0.717, 1.165) is 12.1 Å². The highest BCUT2D eigenvalue weighted by molar-refractivity contribution is 5.77. The van der Waals surface area contributed by atoms with Crippen LogP contribution < -0.4 is 5.73 Å². The topological polar surface area (TPSA) is 43.8 Å². The van der Waals surface area contributed by atoms with Crippen LogP contribution in [0.15, 0.2) is 54.9 Å². The van der Waals surface area contributed by atoms with Gasteiger partial charge in [-0.2, -0.15) is 0 Å². The van der Waals surface area contributed by atoms with Gasteiger partial charge in [0, 0.05) is 18.1 Å². The number of nitrogen functional groups attached to an aromatic ring is 1. The van der Waals surface area contributed by atoms with E-state index < -0.39 is 0 Å². The zero-order valence-electron chi connectivity index (χ0n) is 10.4. The van der Waals surface area contributed by atoms with Crippen LogP contribution in [0.2, 0.25) is 0 Å². The molecule has 0 spiro atoms. The van der Waals surface area contributed by atoms with E-state index in [0.29, 0.717) is 5.95 Å². The zero-order chi connectivity index (χ0) is 12.8. The molecule has 0 radical (unpaired) electrons. The molecule has 0 saturated heterocycles. The van der Waals surface area contributed by atoms with Gasteiger partial charge in [-0.25, -0.2) is 4.98 Å². The smallest absolute Gasteiger partial charge is 0.204 e. The Morgan fingerprint density at radius 2 is 1.84 bits per heavy atom. The predicted molar refractivity (Wildman–Crippen MR) is 76.2 cm³/mol. The Kier molecular flexibility index (Phi) is 2.03. The summed E-state index contributed by atoms with van der Waals surface area (Å²) in [6, 6.07) is 15.0. The molecule has 0 fully saturated rings. The maximum atomic E-state index is 5.85. The summed E-state index contributed by atoms with van der Waals surface area (Å²) in [5.74, 6) is 0.524. The molecule has 3 heteroatoms. The number of nitrogens with zero attached hydrogens (tertiary/aromatic N) is 2. The van der Waals surface area contributed by atoms with Gasteiger partial charge in [-0.15, -0.1) is 0 Å². The second-order valence-corrected chi connectivity index (χ2v) is 4.83. The average Bonchev–Trinajstić information content (AvgIpc) is 3.01. The Hall–Kier alpha value is -2.55. The highest BCUT2D eigenvalue weighted by Gasteiger charge is 2.18. The van der Waals surface area contributed by atoms with Crippen molar-refractivity contribution in [3.63, 3.8) is 0 Å². The number of aromatic nitrogens is 2. The number of hydrogen-bond donors (Lipinski definition) is 1. The minimum Gasteiger partial charge on any atom is -0.369 e. The van der Waals surface area contributed by atoms with Crippen LogP contribution in [0.5, 0.6) is 0 Å². The fourth-order valence-electron chi connectivity index (χ4n) is 2.81. The fourth-order valence-corrected chi connectivity index (χ4v) is 2.81. The number of anilines is 1. The standard InChI is InChI=1S/C16H13N3/c17-16-18-7-8-19(16)13-5-6-15-12(10-13)9-11-3-1-2-4-14(11)15/h1-8,10H,9H2,(H2,17,18). The first-order chi connectivity index (χ1) is 9.33. The summed E-state index contributed by atoms with van der Waals surface area (Å²) < 4.78 is 1.91. The molecule has 92 valence electrons. The number of rotatable bonds is 1. The Balaban J connectivity index is 1.86. The molecule has 1 aromatic heterocycles. The highest BCUT2D eigenvalue weighted by Crippen LogP contribution is 2.37. The monoisotopic (exact) mass is 247 g/mol. The van der Waals surface area contributed by atoms with Gasteiger partial charge >= 0.3 is 0 Å². The van der Waals surface area contributed by atoms with Crippen LogP contribution >= 0.6 is 0 Å². The van der Waals surface area contributed by atoms with Gasteiger partial charge in [0.15, 0.2) is 0 Å². The molecule has 0 bridgehead atoms. The molecule has 3 aromatic rings. The molecule has 0 saturated carbocycles. The third-order valence-electron chi connectivity index (χ3n) is 3.72. The Bertz CT molecular complexity index is 771. The summed E-state index contributed by atoms with van der Waals surface area (Å²) in [5, 5.41) is 0. The van der Waals surface area contributed by atoms with Gasteiger partial charge in [-0.05, 0) is 40.8 Å². The molecular weight excluding hydrogens is 234 g/mol. The lowest BCUT2D eigenvalue weighted by atomic mass is 10.1. The summed E-state index contributed by atoms with van der Waals surface area (Å²) in [4.78, 5) is 4.07. The Labute approximate surface area is 111 Å². The first kappa shape index (κ1) is 10.4. The van der Waals surface area contributed by atoms with Crippen LogP contribution in [0, 0.1) is 0 Å². The van der Waals surface area contributed by atoms with Crippen LogP contribution in [-0.4, -0.2) is 9.55 Å². The maximum absolute atomic E-state index is 5.85. The number of hydrogen-bond acceptors (Lipinski definition) is 2. The molecule has 0 amide bonds. The quantitative estimate of drug-likeness (QED) is 0.562. The number of benzene rings is 2. The number of fused-ring (bicyclic) bond motifs is 3. The van der Waals surface area contributed by atoms with Crippen LogP contribution in [0.3, 0.4) is 0 Å². The number of nitrogens with two attached hydrogens (primary N) is 1. The minimum atomic E-state index is 0.524. The summed E-state index contributed by atoms with van der Waals surface area (Å²) >= 11 is 0. The van der Waals surface area contributed by atoms with Gasteiger partial charge in [0.1, 0.15) is 0 Å². The molecule has 3 nitrogen and oxygen atoms in total. The van der Waals surface area contributed by atoms with Crippen LogP contribution in [0.1, 0.15) is 11.1 Å². The van der Waals surface area contributed by atoms with Crippen molar-refractivity contribution in [1.82, 2.24) is 9.55 Å². The third kappa shape index (κ3) is 1.48. The van der Waals surface area contributed by atoms with Crippen LogP contribution in [0.25, 0.3) is 16.8 Å². The van der Waals surface area contributed by atoms with Crippen LogP contribution in [-0.2, 0) is 6.42 Å². The first-order valence-corrected chi connectivity index (χ1v) is 6.33. The van der Waals surface area contributed by atoms with E-state index in [2.05, 4.69) is 47.4 Å². The van der Waals surface area contributed by atoms with E-state index in [9.17, 15) is 0 Å². The molecular formula is C16H13N3. The van der Waals surface area contributed by atoms with Gasteiger partial charge < -0.3 is 5.73 Å². The minimum absolute atomic E-state index is 0.524. The zero-order valence-corrected chi connectivity index (χ0v) is 10.4. The predicted octanol–water partition coefficient (Wildman–Crippen LogP) is 3.03. The molecule has 4 rings (SSSR count). The van der Waals surface area contributed by atoms with E-state index in [1.165, 1.54) is 22.3 Å². The molecule has 0 unspecified atom stereocenters. The summed E-state index contributed by atoms with van der Waals surface area (Å²) in [5.41, 5.74) is 12.4. The van der Waals surface area contributed by atoms with Crippen molar-refractivity contribution in [3.8, 4) is 16.8 Å². The van der Waals surface area contributed by atoms with Crippen molar-refractivity contribution in [3.05, 3.63) is 66.0 Å². The molecule has 2 aromatic carbocycles. The van der Waals surface area contributed by atoms with E-state index in [1.807, 2.05) is 10.8 Å². The molecule has 1 heterocycles. The van der Waals surface area contributed by atoms with Gasteiger partial charge in [0.2, 0.25) is 5.95 Å². The van der Waals surface area contributed by atoms with Crippen LogP contribution in [0.4, 0.5) is 5.95 Å². The van der Waals surface area contributed by atoms with Crippen molar-refractivity contribution >= 4 is 5.95 Å². The van der Waals surface area contributed by atoms with E-state index in [-0.39, 0.29) is 0 Å². The Morgan fingerprint density at radius 3 is 2.68 bits per heavy atom. The first-order valence-electron chi connectivity index (χ1n) is 6.33. The molecule has 1 aliphatic carbocycles. The molecule has 0 aliphatic heterocycles. The average molecular weight is 247 g/mol.